The highest BCUT2D eigenvalue weighted by Crippen LogP contribution is 2.08. The summed E-state index contributed by atoms with van der Waals surface area (Å²) in [5, 5.41) is 12.5. The molecule has 0 saturated heterocycles. The normalized spacial score (nSPS) is 9.80. The van der Waals surface area contributed by atoms with Crippen molar-refractivity contribution in [3.8, 4) is 6.07 Å². The maximum absolute atomic E-state index is 8.55. The molecule has 2 rings (SSSR count). The van der Waals surface area contributed by atoms with Gasteiger partial charge in [0.1, 0.15) is 18.2 Å². The first-order valence-electron chi connectivity index (χ1n) is 4.28. The van der Waals surface area contributed by atoms with Crippen LogP contribution in [0.2, 0.25) is 0 Å². The number of nitrogen functional groups attached to an aromatic ring is 1. The van der Waals surface area contributed by atoms with E-state index in [0.29, 0.717) is 12.4 Å². The van der Waals surface area contributed by atoms with E-state index in [9.17, 15) is 0 Å². The average Bonchev–Trinajstić information content (AvgIpc) is 2.69. The number of hydrogen-bond donors (Lipinski definition) is 1. The molecule has 0 aliphatic carbocycles. The van der Waals surface area contributed by atoms with Gasteiger partial charge in [-0.15, -0.1) is 5.10 Å². The molecule has 2 heterocycles. The van der Waals surface area contributed by atoms with Gasteiger partial charge in [0.25, 0.3) is 5.82 Å². The lowest BCUT2D eigenvalue weighted by atomic mass is 10.2. The van der Waals surface area contributed by atoms with Crippen molar-refractivity contribution in [1.82, 2.24) is 19.7 Å². The van der Waals surface area contributed by atoms with E-state index in [1.807, 2.05) is 12.1 Å². The fourth-order valence-corrected chi connectivity index (χ4v) is 1.18. The van der Waals surface area contributed by atoms with Crippen molar-refractivity contribution in [2.24, 2.45) is 0 Å². The van der Waals surface area contributed by atoms with Gasteiger partial charge in [-0.1, -0.05) is 6.07 Å². The van der Waals surface area contributed by atoms with Crippen LogP contribution in [0.25, 0.3) is 0 Å². The summed E-state index contributed by atoms with van der Waals surface area (Å²) in [7, 11) is 0. The van der Waals surface area contributed by atoms with Crippen molar-refractivity contribution < 1.29 is 0 Å². The monoisotopic (exact) mass is 200 g/mol. The molecule has 0 aromatic carbocycles. The Morgan fingerprint density at radius 1 is 1.47 bits per heavy atom. The van der Waals surface area contributed by atoms with Crippen LogP contribution in [0.1, 0.15) is 11.4 Å². The van der Waals surface area contributed by atoms with Crippen LogP contribution in [0.5, 0.6) is 0 Å². The minimum atomic E-state index is 0.150. The van der Waals surface area contributed by atoms with Gasteiger partial charge in [0.05, 0.1) is 6.54 Å². The molecule has 0 aliphatic heterocycles. The molecule has 0 bridgehead atoms. The van der Waals surface area contributed by atoms with Gasteiger partial charge >= 0.3 is 0 Å². The molecule has 0 unspecified atom stereocenters. The molecular formula is C9H8N6. The van der Waals surface area contributed by atoms with E-state index in [2.05, 4.69) is 15.1 Å². The Kier molecular flexibility index (Phi) is 2.29. The number of nitrogens with zero attached hydrogens (tertiary/aromatic N) is 5. The van der Waals surface area contributed by atoms with Crippen molar-refractivity contribution in [1.29, 1.82) is 5.26 Å². The average molecular weight is 200 g/mol. The van der Waals surface area contributed by atoms with E-state index < -0.39 is 0 Å². The van der Waals surface area contributed by atoms with Gasteiger partial charge in [0.15, 0.2) is 0 Å². The Bertz CT molecular complexity index is 509. The SMILES string of the molecule is N#Cc1ncn(Cc2cccnc2N)n1. The second kappa shape index (κ2) is 3.75. The molecule has 2 aromatic heterocycles. The second-order valence-corrected chi connectivity index (χ2v) is 2.93. The molecule has 15 heavy (non-hydrogen) atoms. The van der Waals surface area contributed by atoms with Gasteiger partial charge in [0.2, 0.25) is 0 Å². The summed E-state index contributed by atoms with van der Waals surface area (Å²) in [4.78, 5) is 7.74. The summed E-state index contributed by atoms with van der Waals surface area (Å²) < 4.78 is 1.55. The van der Waals surface area contributed by atoms with E-state index in [4.69, 9.17) is 11.0 Å². The number of aromatic nitrogens is 4. The molecule has 0 spiro atoms. The van der Waals surface area contributed by atoms with E-state index >= 15 is 0 Å². The van der Waals surface area contributed by atoms with Crippen molar-refractivity contribution in [3.05, 3.63) is 36.0 Å². The Morgan fingerprint density at radius 2 is 2.33 bits per heavy atom. The predicted octanol–water partition coefficient (Wildman–Crippen LogP) is 0.175. The molecule has 2 aromatic rings. The molecule has 0 atom stereocenters. The minimum Gasteiger partial charge on any atom is -0.383 e. The fourth-order valence-electron chi connectivity index (χ4n) is 1.18. The van der Waals surface area contributed by atoms with Gasteiger partial charge in [-0.05, 0) is 6.07 Å². The lowest BCUT2D eigenvalue weighted by Gasteiger charge is -2.02. The van der Waals surface area contributed by atoms with Crippen LogP contribution in [0.15, 0.2) is 24.7 Å². The third kappa shape index (κ3) is 1.91. The van der Waals surface area contributed by atoms with Crippen LogP contribution in [0.3, 0.4) is 0 Å². The third-order valence-corrected chi connectivity index (χ3v) is 1.89. The largest absolute Gasteiger partial charge is 0.383 e. The summed E-state index contributed by atoms with van der Waals surface area (Å²) in [6.45, 7) is 0.467. The molecular weight excluding hydrogens is 192 g/mol. The summed E-state index contributed by atoms with van der Waals surface area (Å²) in [6.07, 6.45) is 3.12. The van der Waals surface area contributed by atoms with E-state index in [-0.39, 0.29) is 5.82 Å². The van der Waals surface area contributed by atoms with Crippen LogP contribution in [0.4, 0.5) is 5.82 Å². The molecule has 6 heteroatoms. The van der Waals surface area contributed by atoms with Gasteiger partial charge in [-0.25, -0.2) is 14.6 Å². The van der Waals surface area contributed by atoms with Gasteiger partial charge in [0, 0.05) is 11.8 Å². The molecule has 0 saturated carbocycles. The Labute approximate surface area is 86.0 Å². The molecule has 0 radical (unpaired) electrons. The van der Waals surface area contributed by atoms with Gasteiger partial charge in [-0.2, -0.15) is 5.26 Å². The number of rotatable bonds is 2. The van der Waals surface area contributed by atoms with Crippen LogP contribution < -0.4 is 5.73 Å². The maximum atomic E-state index is 8.55. The molecule has 0 aliphatic rings. The smallest absolute Gasteiger partial charge is 0.252 e. The van der Waals surface area contributed by atoms with Crippen molar-refractivity contribution >= 4 is 5.82 Å². The summed E-state index contributed by atoms with van der Waals surface area (Å²) in [5.74, 6) is 0.615. The first kappa shape index (κ1) is 9.15. The quantitative estimate of drug-likeness (QED) is 0.746. The highest BCUT2D eigenvalue weighted by Gasteiger charge is 2.03. The Hall–Kier alpha value is -2.42. The first-order valence-corrected chi connectivity index (χ1v) is 4.28. The lowest BCUT2D eigenvalue weighted by molar-refractivity contribution is 0.682. The fraction of sp³-hybridized carbons (Fsp3) is 0.111. The van der Waals surface area contributed by atoms with E-state index in [1.54, 1.807) is 16.9 Å². The molecule has 6 nitrogen and oxygen atoms in total. The van der Waals surface area contributed by atoms with Gasteiger partial charge in [-0.3, -0.25) is 0 Å². The minimum absolute atomic E-state index is 0.150. The maximum Gasteiger partial charge on any atom is 0.252 e. The Morgan fingerprint density at radius 3 is 3.00 bits per heavy atom. The molecule has 0 fully saturated rings. The van der Waals surface area contributed by atoms with Crippen LogP contribution >= 0.6 is 0 Å². The highest BCUT2D eigenvalue weighted by atomic mass is 15.3. The number of nitrogens with two attached hydrogens (primary N) is 1. The zero-order valence-corrected chi connectivity index (χ0v) is 7.83. The summed E-state index contributed by atoms with van der Waals surface area (Å²) >= 11 is 0. The van der Waals surface area contributed by atoms with Crippen LogP contribution in [-0.2, 0) is 6.54 Å². The first-order chi connectivity index (χ1) is 7.29. The second-order valence-electron chi connectivity index (χ2n) is 2.93. The van der Waals surface area contributed by atoms with Crippen LogP contribution in [-0.4, -0.2) is 19.7 Å². The topological polar surface area (TPSA) is 93.4 Å². The molecule has 0 amide bonds. The van der Waals surface area contributed by atoms with Crippen LogP contribution in [0, 0.1) is 11.3 Å². The van der Waals surface area contributed by atoms with Gasteiger partial charge < -0.3 is 5.73 Å². The van der Waals surface area contributed by atoms with E-state index in [1.165, 1.54) is 6.33 Å². The van der Waals surface area contributed by atoms with E-state index in [0.717, 1.165) is 5.56 Å². The van der Waals surface area contributed by atoms with Crippen molar-refractivity contribution in [2.75, 3.05) is 5.73 Å². The Balaban J connectivity index is 2.23. The standard InChI is InChI=1S/C9H8N6/c10-4-8-13-6-15(14-8)5-7-2-1-3-12-9(7)11/h1-3,6H,5H2,(H2,11,12). The number of pyridine rings is 1. The summed E-state index contributed by atoms with van der Waals surface area (Å²) in [5.41, 5.74) is 6.52. The van der Waals surface area contributed by atoms with Crippen molar-refractivity contribution in [2.45, 2.75) is 6.54 Å². The molecule has 2 N–H and O–H groups in total. The highest BCUT2D eigenvalue weighted by molar-refractivity contribution is 5.38. The number of nitriles is 1. The predicted molar refractivity (Wildman–Crippen MR) is 52.5 cm³/mol. The zero-order valence-electron chi connectivity index (χ0n) is 7.83. The third-order valence-electron chi connectivity index (χ3n) is 1.89. The number of anilines is 1. The summed E-state index contributed by atoms with van der Waals surface area (Å²) in [6, 6.07) is 5.51. The number of hydrogen-bond acceptors (Lipinski definition) is 5. The zero-order chi connectivity index (χ0) is 10.7. The lowest BCUT2D eigenvalue weighted by Crippen LogP contribution is -2.04. The van der Waals surface area contributed by atoms with Crippen molar-refractivity contribution in [3.63, 3.8) is 0 Å². The molecule has 74 valence electrons.